The molecular formula is C17H18ClF3O4S. The van der Waals surface area contributed by atoms with Crippen LogP contribution in [0.2, 0.25) is 5.02 Å². The van der Waals surface area contributed by atoms with Gasteiger partial charge in [-0.1, -0.05) is 30.3 Å². The number of carbonyl (C=O) groups excluding carboxylic acids is 1. The van der Waals surface area contributed by atoms with E-state index >= 15 is 0 Å². The first-order valence-corrected chi connectivity index (χ1v) is 8.99. The SMILES string of the molecule is CCC1(OC(C)C(=O)OC)CC=C(Oc2ccc(C(F)(F)F)cc2Cl)S1. The highest BCUT2D eigenvalue weighted by molar-refractivity contribution is 8.04. The van der Waals surface area contributed by atoms with Gasteiger partial charge in [0.1, 0.15) is 10.7 Å². The monoisotopic (exact) mass is 410 g/mol. The van der Waals surface area contributed by atoms with Crippen molar-refractivity contribution < 1.29 is 32.2 Å². The maximum Gasteiger partial charge on any atom is 0.416 e. The van der Waals surface area contributed by atoms with Gasteiger partial charge in [-0.25, -0.2) is 4.79 Å². The van der Waals surface area contributed by atoms with Crippen molar-refractivity contribution in [3.63, 3.8) is 0 Å². The molecule has 0 aromatic heterocycles. The van der Waals surface area contributed by atoms with Gasteiger partial charge in [0.05, 0.1) is 17.7 Å². The predicted molar refractivity (Wildman–Crippen MR) is 93.0 cm³/mol. The minimum Gasteiger partial charge on any atom is -0.467 e. The number of hydrogen-bond acceptors (Lipinski definition) is 5. The fourth-order valence-corrected chi connectivity index (χ4v) is 3.73. The number of carbonyl (C=O) groups is 1. The highest BCUT2D eigenvalue weighted by Crippen LogP contribution is 2.47. The lowest BCUT2D eigenvalue weighted by Gasteiger charge is -2.29. The van der Waals surface area contributed by atoms with Crippen molar-refractivity contribution in [2.24, 2.45) is 0 Å². The lowest BCUT2D eigenvalue weighted by atomic mass is 10.2. The molecule has 1 aliphatic rings. The van der Waals surface area contributed by atoms with E-state index in [1.165, 1.54) is 24.9 Å². The number of halogens is 4. The Hall–Kier alpha value is -1.38. The summed E-state index contributed by atoms with van der Waals surface area (Å²) in [5, 5.41) is 0.310. The quantitative estimate of drug-likeness (QED) is 0.587. The first kappa shape index (κ1) is 20.9. The summed E-state index contributed by atoms with van der Waals surface area (Å²) in [6.07, 6.45) is -2.41. The molecule has 4 nitrogen and oxygen atoms in total. The normalized spacial score (nSPS) is 21.3. The molecule has 2 rings (SSSR count). The first-order valence-electron chi connectivity index (χ1n) is 7.79. The smallest absolute Gasteiger partial charge is 0.416 e. The number of alkyl halides is 3. The summed E-state index contributed by atoms with van der Waals surface area (Å²) in [7, 11) is 1.28. The third kappa shape index (κ3) is 4.86. The molecule has 0 saturated heterocycles. The highest BCUT2D eigenvalue weighted by atomic mass is 35.5. The van der Waals surface area contributed by atoms with Gasteiger partial charge < -0.3 is 14.2 Å². The lowest BCUT2D eigenvalue weighted by Crippen LogP contribution is -2.34. The van der Waals surface area contributed by atoms with Gasteiger partial charge in [-0.3, -0.25) is 0 Å². The van der Waals surface area contributed by atoms with Gasteiger partial charge in [0.25, 0.3) is 0 Å². The molecule has 26 heavy (non-hydrogen) atoms. The van der Waals surface area contributed by atoms with Crippen LogP contribution < -0.4 is 4.74 Å². The van der Waals surface area contributed by atoms with E-state index < -0.39 is 28.7 Å². The zero-order chi connectivity index (χ0) is 19.5. The third-order valence-corrected chi connectivity index (χ3v) is 5.47. The largest absolute Gasteiger partial charge is 0.467 e. The molecule has 0 bridgehead atoms. The third-order valence-electron chi connectivity index (χ3n) is 3.80. The Bertz CT molecular complexity index is 708. The van der Waals surface area contributed by atoms with Crippen molar-refractivity contribution in [1.82, 2.24) is 0 Å². The van der Waals surface area contributed by atoms with Crippen LogP contribution in [0.1, 0.15) is 32.3 Å². The molecule has 0 aliphatic carbocycles. The second-order valence-corrected chi connectivity index (χ2v) is 7.38. The summed E-state index contributed by atoms with van der Waals surface area (Å²) in [6, 6.07) is 2.90. The number of ether oxygens (including phenoxy) is 3. The molecule has 0 fully saturated rings. The molecule has 1 aromatic carbocycles. The van der Waals surface area contributed by atoms with Crippen LogP contribution in [0.4, 0.5) is 13.2 Å². The minimum absolute atomic E-state index is 0.117. The minimum atomic E-state index is -4.47. The molecule has 2 atom stereocenters. The summed E-state index contributed by atoms with van der Waals surface area (Å²) in [5.41, 5.74) is -0.846. The Balaban J connectivity index is 2.07. The van der Waals surface area contributed by atoms with E-state index in [1.54, 1.807) is 13.0 Å². The molecule has 1 aromatic rings. The number of rotatable bonds is 6. The standard InChI is InChI=1S/C17H18ClF3O4S/c1-4-16(25-10(2)15(22)23-3)8-7-14(26-16)24-13-6-5-11(9-12(13)18)17(19,20)21/h5-7,9-10H,4,8H2,1-3H3. The molecule has 1 aliphatic heterocycles. The van der Waals surface area contributed by atoms with E-state index in [0.717, 1.165) is 12.1 Å². The topological polar surface area (TPSA) is 44.8 Å². The van der Waals surface area contributed by atoms with Crippen molar-refractivity contribution >= 4 is 29.3 Å². The zero-order valence-electron chi connectivity index (χ0n) is 14.4. The van der Waals surface area contributed by atoms with Crippen molar-refractivity contribution in [2.45, 2.75) is 43.9 Å². The Labute approximate surface area is 158 Å². The van der Waals surface area contributed by atoms with Crippen LogP contribution in [0.25, 0.3) is 0 Å². The summed E-state index contributed by atoms with van der Waals surface area (Å²) >= 11 is 7.17. The maximum atomic E-state index is 12.7. The summed E-state index contributed by atoms with van der Waals surface area (Å²) in [4.78, 5) is 10.9. The van der Waals surface area contributed by atoms with Crippen LogP contribution in [-0.4, -0.2) is 24.1 Å². The van der Waals surface area contributed by atoms with E-state index in [1.807, 2.05) is 6.92 Å². The molecule has 1 heterocycles. The Morgan fingerprint density at radius 1 is 1.42 bits per heavy atom. The van der Waals surface area contributed by atoms with E-state index in [-0.39, 0.29) is 10.8 Å². The van der Waals surface area contributed by atoms with Gasteiger partial charge in [0.2, 0.25) is 0 Å². The summed E-state index contributed by atoms with van der Waals surface area (Å²) < 4.78 is 54.2. The molecule has 0 N–H and O–H groups in total. The van der Waals surface area contributed by atoms with Crippen LogP contribution in [0.5, 0.6) is 5.75 Å². The number of hydrogen-bond donors (Lipinski definition) is 0. The molecule has 0 radical (unpaired) electrons. The second kappa shape index (κ2) is 8.10. The average Bonchev–Trinajstić information content (AvgIpc) is 2.98. The number of esters is 1. The van der Waals surface area contributed by atoms with Gasteiger partial charge in [0, 0.05) is 6.42 Å². The number of methoxy groups -OCH3 is 1. The predicted octanol–water partition coefficient (Wildman–Crippen LogP) is 5.40. The van der Waals surface area contributed by atoms with Crippen LogP contribution in [-0.2, 0) is 20.4 Å². The first-order chi connectivity index (χ1) is 12.1. The zero-order valence-corrected chi connectivity index (χ0v) is 15.9. The number of benzene rings is 1. The van der Waals surface area contributed by atoms with Crippen LogP contribution >= 0.6 is 23.4 Å². The van der Waals surface area contributed by atoms with Crippen molar-refractivity contribution in [3.05, 3.63) is 40.0 Å². The van der Waals surface area contributed by atoms with Gasteiger partial charge in [-0.2, -0.15) is 13.2 Å². The van der Waals surface area contributed by atoms with E-state index in [0.29, 0.717) is 17.9 Å². The molecule has 0 spiro atoms. The molecular weight excluding hydrogens is 393 g/mol. The molecule has 2 unspecified atom stereocenters. The summed E-state index contributed by atoms with van der Waals surface area (Å²) in [5.74, 6) is -0.370. The van der Waals surface area contributed by atoms with Crippen molar-refractivity contribution in [3.8, 4) is 5.75 Å². The van der Waals surface area contributed by atoms with Gasteiger partial charge in [0.15, 0.2) is 11.2 Å². The van der Waals surface area contributed by atoms with Gasteiger partial charge >= 0.3 is 12.1 Å². The van der Waals surface area contributed by atoms with E-state index in [2.05, 4.69) is 4.74 Å². The Morgan fingerprint density at radius 3 is 2.65 bits per heavy atom. The maximum absolute atomic E-state index is 12.7. The fraction of sp³-hybridized carbons (Fsp3) is 0.471. The second-order valence-electron chi connectivity index (χ2n) is 5.62. The number of thioether (sulfide) groups is 1. The van der Waals surface area contributed by atoms with Crippen molar-refractivity contribution in [2.75, 3.05) is 7.11 Å². The Morgan fingerprint density at radius 2 is 2.12 bits per heavy atom. The Kier molecular flexibility index (Phi) is 6.52. The summed E-state index contributed by atoms with van der Waals surface area (Å²) in [6.45, 7) is 3.49. The molecule has 9 heteroatoms. The highest BCUT2D eigenvalue weighted by Gasteiger charge is 2.39. The lowest BCUT2D eigenvalue weighted by molar-refractivity contribution is -0.158. The van der Waals surface area contributed by atoms with Crippen LogP contribution in [0.3, 0.4) is 0 Å². The van der Waals surface area contributed by atoms with Gasteiger partial charge in [-0.05, 0) is 37.6 Å². The molecule has 144 valence electrons. The molecule has 0 saturated carbocycles. The van der Waals surface area contributed by atoms with Crippen LogP contribution in [0, 0.1) is 0 Å². The molecule has 0 amide bonds. The fourth-order valence-electron chi connectivity index (χ4n) is 2.34. The average molecular weight is 411 g/mol. The van der Waals surface area contributed by atoms with Gasteiger partial charge in [-0.15, -0.1) is 0 Å². The van der Waals surface area contributed by atoms with Crippen molar-refractivity contribution in [1.29, 1.82) is 0 Å². The van der Waals surface area contributed by atoms with Crippen LogP contribution in [0.15, 0.2) is 29.4 Å². The van der Waals surface area contributed by atoms with E-state index in [9.17, 15) is 18.0 Å². The van der Waals surface area contributed by atoms with E-state index in [4.69, 9.17) is 21.1 Å².